The van der Waals surface area contributed by atoms with Crippen LogP contribution in [-0.2, 0) is 13.2 Å². The lowest BCUT2D eigenvalue weighted by molar-refractivity contribution is 0.302. The molecule has 0 saturated heterocycles. The Kier molecular flexibility index (Phi) is 6.27. The minimum absolute atomic E-state index is 0.469. The van der Waals surface area contributed by atoms with Crippen molar-refractivity contribution in [1.82, 2.24) is 5.32 Å². The van der Waals surface area contributed by atoms with Crippen molar-refractivity contribution >= 4 is 31.9 Å². The van der Waals surface area contributed by atoms with E-state index < -0.39 is 0 Å². The van der Waals surface area contributed by atoms with Gasteiger partial charge in [-0.2, -0.15) is 0 Å². The maximum atomic E-state index is 5.92. The van der Waals surface area contributed by atoms with E-state index in [1.54, 1.807) is 0 Å². The van der Waals surface area contributed by atoms with Crippen LogP contribution in [-0.4, -0.2) is 6.04 Å². The second-order valence-electron chi connectivity index (χ2n) is 5.20. The van der Waals surface area contributed by atoms with Crippen LogP contribution in [0, 0.1) is 0 Å². The Morgan fingerprint density at radius 2 is 1.62 bits per heavy atom. The highest BCUT2D eigenvalue weighted by molar-refractivity contribution is 9.11. The van der Waals surface area contributed by atoms with Crippen LogP contribution in [0.5, 0.6) is 5.75 Å². The minimum atomic E-state index is 0.469. The molecule has 2 rings (SSSR count). The van der Waals surface area contributed by atoms with Crippen LogP contribution in [0.1, 0.15) is 25.0 Å². The molecule has 0 saturated carbocycles. The molecule has 0 heterocycles. The second kappa shape index (κ2) is 7.97. The lowest BCUT2D eigenvalue weighted by Gasteiger charge is -2.14. The summed E-state index contributed by atoms with van der Waals surface area (Å²) in [6.07, 6.45) is 0. The second-order valence-corrected chi connectivity index (χ2v) is 6.91. The van der Waals surface area contributed by atoms with Gasteiger partial charge in [-0.1, -0.05) is 44.2 Å². The zero-order valence-corrected chi connectivity index (χ0v) is 15.4. The van der Waals surface area contributed by atoms with Crippen LogP contribution >= 0.6 is 31.9 Å². The van der Waals surface area contributed by atoms with E-state index >= 15 is 0 Å². The van der Waals surface area contributed by atoms with Gasteiger partial charge < -0.3 is 10.1 Å². The first kappa shape index (κ1) is 16.5. The van der Waals surface area contributed by atoms with Crippen LogP contribution in [0.15, 0.2) is 51.4 Å². The number of ether oxygens (including phenoxy) is 1. The van der Waals surface area contributed by atoms with Crippen molar-refractivity contribution in [2.45, 2.75) is 33.0 Å². The van der Waals surface area contributed by atoms with Crippen molar-refractivity contribution in [2.75, 3.05) is 0 Å². The van der Waals surface area contributed by atoms with Gasteiger partial charge in [-0.3, -0.25) is 0 Å². The Balaban J connectivity index is 2.06. The molecule has 112 valence electrons. The third-order valence-electron chi connectivity index (χ3n) is 3.00. The molecule has 2 aromatic rings. The summed E-state index contributed by atoms with van der Waals surface area (Å²) in [4.78, 5) is 0. The Hall–Kier alpha value is -0.840. The molecule has 0 atom stereocenters. The topological polar surface area (TPSA) is 21.3 Å². The van der Waals surface area contributed by atoms with Gasteiger partial charge in [0.1, 0.15) is 12.4 Å². The quantitative estimate of drug-likeness (QED) is 0.695. The number of hydrogen-bond donors (Lipinski definition) is 1. The first-order valence-electron chi connectivity index (χ1n) is 6.94. The van der Waals surface area contributed by atoms with Crippen LogP contribution < -0.4 is 10.1 Å². The van der Waals surface area contributed by atoms with E-state index in [1.807, 2.05) is 18.2 Å². The minimum Gasteiger partial charge on any atom is -0.487 e. The van der Waals surface area contributed by atoms with Crippen LogP contribution in [0.3, 0.4) is 0 Å². The van der Waals surface area contributed by atoms with E-state index in [0.29, 0.717) is 12.6 Å². The number of halogens is 2. The van der Waals surface area contributed by atoms with Gasteiger partial charge in [-0.15, -0.1) is 0 Å². The Labute approximate surface area is 143 Å². The molecule has 0 aliphatic heterocycles. The van der Waals surface area contributed by atoms with E-state index in [0.717, 1.165) is 26.8 Å². The molecule has 0 spiro atoms. The van der Waals surface area contributed by atoms with E-state index in [-0.39, 0.29) is 0 Å². The van der Waals surface area contributed by atoms with Gasteiger partial charge in [0, 0.05) is 12.6 Å². The van der Waals surface area contributed by atoms with Gasteiger partial charge in [0.2, 0.25) is 0 Å². The summed E-state index contributed by atoms with van der Waals surface area (Å²) < 4.78 is 7.85. The molecule has 0 fully saturated rings. The van der Waals surface area contributed by atoms with Crippen molar-refractivity contribution in [2.24, 2.45) is 0 Å². The SMILES string of the molecule is CC(C)NCc1cc(Br)c(OCc2ccccc2)c(Br)c1. The molecule has 0 aliphatic rings. The molecular weight excluding hydrogens is 394 g/mol. The molecule has 0 unspecified atom stereocenters. The van der Waals surface area contributed by atoms with E-state index in [1.165, 1.54) is 5.56 Å². The molecule has 0 aromatic heterocycles. The Morgan fingerprint density at radius 1 is 1.00 bits per heavy atom. The van der Waals surface area contributed by atoms with Crippen molar-refractivity contribution in [1.29, 1.82) is 0 Å². The summed E-state index contributed by atoms with van der Waals surface area (Å²) in [5.41, 5.74) is 2.37. The zero-order chi connectivity index (χ0) is 15.2. The Bertz CT molecular complexity index is 562. The fraction of sp³-hybridized carbons (Fsp3) is 0.294. The number of hydrogen-bond acceptors (Lipinski definition) is 2. The van der Waals surface area contributed by atoms with E-state index in [4.69, 9.17) is 4.74 Å². The smallest absolute Gasteiger partial charge is 0.148 e. The van der Waals surface area contributed by atoms with Crippen molar-refractivity contribution in [3.8, 4) is 5.75 Å². The fourth-order valence-electron chi connectivity index (χ4n) is 1.90. The van der Waals surface area contributed by atoms with Gasteiger partial charge in [0.05, 0.1) is 8.95 Å². The lowest BCUT2D eigenvalue weighted by atomic mass is 10.2. The summed E-state index contributed by atoms with van der Waals surface area (Å²) in [7, 11) is 0. The first-order chi connectivity index (χ1) is 10.1. The number of benzene rings is 2. The van der Waals surface area contributed by atoms with Gasteiger partial charge in [0.25, 0.3) is 0 Å². The standard InChI is InChI=1S/C17H19Br2NO/c1-12(2)20-10-14-8-15(18)17(16(19)9-14)21-11-13-6-4-3-5-7-13/h3-9,12,20H,10-11H2,1-2H3. The largest absolute Gasteiger partial charge is 0.487 e. The van der Waals surface area contributed by atoms with E-state index in [2.05, 4.69) is 75.3 Å². The van der Waals surface area contributed by atoms with Crippen molar-refractivity contribution < 1.29 is 4.74 Å². The van der Waals surface area contributed by atoms with E-state index in [9.17, 15) is 0 Å². The molecule has 0 aliphatic carbocycles. The molecule has 21 heavy (non-hydrogen) atoms. The molecule has 2 nitrogen and oxygen atoms in total. The maximum absolute atomic E-state index is 5.92. The highest BCUT2D eigenvalue weighted by Crippen LogP contribution is 2.35. The summed E-state index contributed by atoms with van der Waals surface area (Å²) >= 11 is 7.19. The highest BCUT2D eigenvalue weighted by Gasteiger charge is 2.09. The molecule has 1 N–H and O–H groups in total. The molecule has 2 aromatic carbocycles. The number of nitrogens with one attached hydrogen (secondary N) is 1. The summed E-state index contributed by atoms with van der Waals surface area (Å²) in [5, 5.41) is 3.41. The summed E-state index contributed by atoms with van der Waals surface area (Å²) in [6, 6.07) is 14.8. The monoisotopic (exact) mass is 411 g/mol. The van der Waals surface area contributed by atoms with Crippen molar-refractivity contribution in [3.05, 3.63) is 62.5 Å². The predicted molar refractivity (Wildman–Crippen MR) is 94.6 cm³/mol. The van der Waals surface area contributed by atoms with Crippen molar-refractivity contribution in [3.63, 3.8) is 0 Å². The third kappa shape index (κ3) is 5.13. The van der Waals surface area contributed by atoms with Crippen LogP contribution in [0.25, 0.3) is 0 Å². The predicted octanol–water partition coefficient (Wildman–Crippen LogP) is 5.29. The lowest BCUT2D eigenvalue weighted by Crippen LogP contribution is -2.21. The Morgan fingerprint density at radius 3 is 2.19 bits per heavy atom. The normalized spacial score (nSPS) is 10.9. The van der Waals surface area contributed by atoms with Crippen LogP contribution in [0.2, 0.25) is 0 Å². The molecular formula is C17H19Br2NO. The molecule has 0 bridgehead atoms. The van der Waals surface area contributed by atoms with Crippen LogP contribution in [0.4, 0.5) is 0 Å². The highest BCUT2D eigenvalue weighted by atomic mass is 79.9. The third-order valence-corrected chi connectivity index (χ3v) is 4.18. The summed E-state index contributed by atoms with van der Waals surface area (Å²) in [6.45, 7) is 5.68. The van der Waals surface area contributed by atoms with Gasteiger partial charge in [-0.05, 0) is 55.1 Å². The summed E-state index contributed by atoms with van der Waals surface area (Å²) in [5.74, 6) is 0.840. The molecule has 0 amide bonds. The molecule has 4 heteroatoms. The first-order valence-corrected chi connectivity index (χ1v) is 8.53. The average molecular weight is 413 g/mol. The fourth-order valence-corrected chi connectivity index (χ4v) is 3.41. The zero-order valence-electron chi connectivity index (χ0n) is 12.2. The van der Waals surface area contributed by atoms with Gasteiger partial charge in [0.15, 0.2) is 0 Å². The molecule has 0 radical (unpaired) electrons. The van der Waals surface area contributed by atoms with Gasteiger partial charge in [-0.25, -0.2) is 0 Å². The van der Waals surface area contributed by atoms with Gasteiger partial charge >= 0.3 is 0 Å². The number of rotatable bonds is 6. The average Bonchev–Trinajstić information content (AvgIpc) is 2.45. The maximum Gasteiger partial charge on any atom is 0.148 e.